The van der Waals surface area contributed by atoms with E-state index in [9.17, 15) is 0 Å². The van der Waals surface area contributed by atoms with Gasteiger partial charge in [0.15, 0.2) is 5.82 Å². The maximum atomic E-state index is 4.89. The van der Waals surface area contributed by atoms with Gasteiger partial charge in [0.25, 0.3) is 0 Å². The van der Waals surface area contributed by atoms with Crippen LogP contribution in [0.4, 0.5) is 5.82 Å². The van der Waals surface area contributed by atoms with Crippen LogP contribution in [-0.4, -0.2) is 58.3 Å². The van der Waals surface area contributed by atoms with Gasteiger partial charge in [-0.15, -0.1) is 0 Å². The first-order valence-electron chi connectivity index (χ1n) is 15.4. The zero-order valence-corrected chi connectivity index (χ0v) is 24.4. The van der Waals surface area contributed by atoms with Crippen LogP contribution in [0.15, 0.2) is 55.2 Å². The smallest absolute Gasteiger partial charge is 0.164 e. The number of anilines is 1. The summed E-state index contributed by atoms with van der Waals surface area (Å²) in [6, 6.07) is 7.76. The first kappa shape index (κ1) is 26.5. The first-order valence-corrected chi connectivity index (χ1v) is 15.4. The molecule has 0 unspecified atom stereocenters. The van der Waals surface area contributed by atoms with Crippen molar-refractivity contribution in [2.75, 3.05) is 37.6 Å². The monoisotopic (exact) mass is 528 g/mol. The largest absolute Gasteiger partial charge is 0.375 e. The van der Waals surface area contributed by atoms with Gasteiger partial charge in [0.1, 0.15) is 5.82 Å². The second-order valence-electron chi connectivity index (χ2n) is 12.9. The lowest BCUT2D eigenvalue weighted by Gasteiger charge is -2.46. The normalized spacial score (nSPS) is 23.8. The second-order valence-corrected chi connectivity index (χ2v) is 12.9. The Bertz CT molecular complexity index is 1230. The number of benzene rings is 1. The Balaban J connectivity index is 1.05. The average molecular weight is 529 g/mol. The maximum absolute atomic E-state index is 4.89. The van der Waals surface area contributed by atoms with E-state index >= 15 is 0 Å². The van der Waals surface area contributed by atoms with Crippen molar-refractivity contribution in [3.05, 3.63) is 60.7 Å². The van der Waals surface area contributed by atoms with Gasteiger partial charge in [-0.3, -0.25) is 4.68 Å². The molecule has 2 aromatic rings. The molecule has 0 amide bonds. The number of aryl methyl sites for hydroxylation is 1. The van der Waals surface area contributed by atoms with Gasteiger partial charge in [-0.05, 0) is 75.2 Å². The molecule has 0 bridgehead atoms. The Morgan fingerprint density at radius 3 is 2.38 bits per heavy atom. The molecular weight excluding hydrogens is 480 g/mol. The second kappa shape index (κ2) is 10.7. The van der Waals surface area contributed by atoms with Crippen LogP contribution >= 0.6 is 0 Å². The Labute approximate surface area is 235 Å². The molecule has 6 rings (SSSR count). The first-order chi connectivity index (χ1) is 18.8. The van der Waals surface area contributed by atoms with Crippen molar-refractivity contribution in [1.29, 1.82) is 0 Å². The summed E-state index contributed by atoms with van der Waals surface area (Å²) in [6.45, 7) is 21.0. The minimum absolute atomic E-state index is 0.340. The molecule has 0 radical (unpaired) electrons. The zero-order chi connectivity index (χ0) is 27.1. The molecule has 6 nitrogen and oxygen atoms in total. The zero-order valence-electron chi connectivity index (χ0n) is 24.4. The van der Waals surface area contributed by atoms with Gasteiger partial charge in [-0.2, -0.15) is 5.10 Å². The number of rotatable bonds is 5. The molecular formula is C33H48N6. The lowest BCUT2D eigenvalue weighted by molar-refractivity contribution is 0.0845. The lowest BCUT2D eigenvalue weighted by atomic mass is 9.73. The quantitative estimate of drug-likeness (QED) is 0.481. The van der Waals surface area contributed by atoms with Crippen LogP contribution in [0.5, 0.6) is 0 Å². The van der Waals surface area contributed by atoms with Crippen molar-refractivity contribution in [2.24, 2.45) is 12.5 Å². The van der Waals surface area contributed by atoms with E-state index < -0.39 is 0 Å². The van der Waals surface area contributed by atoms with Gasteiger partial charge in [-0.25, -0.2) is 0 Å². The summed E-state index contributed by atoms with van der Waals surface area (Å²) in [7, 11) is 2.06. The van der Waals surface area contributed by atoms with Gasteiger partial charge in [-0.1, -0.05) is 52.0 Å². The molecule has 3 aliphatic heterocycles. The number of likely N-dealkylation sites (tertiary alicyclic amines) is 2. The number of nitrogens with zero attached hydrogens (tertiary/aromatic N) is 5. The molecule has 210 valence electrons. The molecule has 4 aliphatic rings. The van der Waals surface area contributed by atoms with Gasteiger partial charge in [0.2, 0.25) is 0 Å². The summed E-state index contributed by atoms with van der Waals surface area (Å²) in [4.78, 5) is 7.62. The van der Waals surface area contributed by atoms with E-state index in [-0.39, 0.29) is 0 Å². The Morgan fingerprint density at radius 1 is 0.974 bits per heavy atom. The predicted octanol–water partition coefficient (Wildman–Crippen LogP) is 6.49. The molecule has 1 aromatic carbocycles. The van der Waals surface area contributed by atoms with Crippen LogP contribution < -0.4 is 10.2 Å². The minimum atomic E-state index is 0.340. The number of aromatic nitrogens is 2. The van der Waals surface area contributed by atoms with Crippen LogP contribution in [0.1, 0.15) is 82.6 Å². The van der Waals surface area contributed by atoms with E-state index in [1.165, 1.54) is 106 Å². The Kier molecular flexibility index (Phi) is 7.26. The molecule has 4 fully saturated rings. The molecule has 1 aliphatic carbocycles. The fourth-order valence-corrected chi connectivity index (χ4v) is 7.76. The van der Waals surface area contributed by atoms with Crippen LogP contribution in [0.25, 0.3) is 10.9 Å². The van der Waals surface area contributed by atoms with Gasteiger partial charge in [0.05, 0.1) is 5.52 Å². The van der Waals surface area contributed by atoms with Crippen LogP contribution in [0.3, 0.4) is 0 Å². The Morgan fingerprint density at radius 2 is 1.69 bits per heavy atom. The molecule has 6 heteroatoms. The van der Waals surface area contributed by atoms with Crippen molar-refractivity contribution >= 4 is 16.7 Å². The maximum Gasteiger partial charge on any atom is 0.164 e. The number of fused-ring (bicyclic) bond motifs is 1. The van der Waals surface area contributed by atoms with Crippen molar-refractivity contribution in [1.82, 2.24) is 24.9 Å². The molecule has 1 saturated carbocycles. The molecule has 39 heavy (non-hydrogen) atoms. The predicted molar refractivity (Wildman–Crippen MR) is 163 cm³/mol. The average Bonchev–Trinajstić information content (AvgIpc) is 3.28. The van der Waals surface area contributed by atoms with Gasteiger partial charge >= 0.3 is 0 Å². The van der Waals surface area contributed by atoms with E-state index in [0.717, 1.165) is 36.3 Å². The summed E-state index contributed by atoms with van der Waals surface area (Å²) in [5, 5.41) is 9.39. The molecule has 0 atom stereocenters. The number of hydrogen-bond donors (Lipinski definition) is 1. The third-order valence-electron chi connectivity index (χ3n) is 10.4. The van der Waals surface area contributed by atoms with E-state index in [0.29, 0.717) is 11.3 Å². The third-order valence-corrected chi connectivity index (χ3v) is 10.4. The highest BCUT2D eigenvalue weighted by molar-refractivity contribution is 5.92. The Hall–Kier alpha value is -2.73. The summed E-state index contributed by atoms with van der Waals surface area (Å²) >= 11 is 0. The molecule has 1 aromatic heterocycles. The molecule has 0 spiro atoms. The molecule has 3 saturated heterocycles. The SMILES string of the molecule is C=C1CCN(c2nn(C)c3cc(C4CCN(C5CCN(C(=C)C6(C)CCCCC6)CC5)CC4)ccc23)C(=C)N1. The summed E-state index contributed by atoms with van der Waals surface area (Å²) < 4.78 is 2.04. The van der Waals surface area contributed by atoms with Crippen LogP contribution in [0, 0.1) is 5.41 Å². The fourth-order valence-electron chi connectivity index (χ4n) is 7.76. The van der Waals surface area contributed by atoms with E-state index in [1.807, 2.05) is 4.68 Å². The van der Waals surface area contributed by atoms with Crippen molar-refractivity contribution in [3.8, 4) is 0 Å². The number of hydrogen-bond acceptors (Lipinski definition) is 5. The van der Waals surface area contributed by atoms with Crippen molar-refractivity contribution in [3.63, 3.8) is 0 Å². The van der Waals surface area contributed by atoms with E-state index in [2.05, 4.69) is 71.9 Å². The van der Waals surface area contributed by atoms with E-state index in [4.69, 9.17) is 5.10 Å². The standard InChI is InChI=1S/C33H48N6/c1-24-11-22-39(26(3)34-24)32-30-10-9-28(23-31(30)36(5)35-32)27-12-18-38(19-13-27)29-14-20-37(21-15-29)25(2)33(4)16-7-6-8-17-33/h9-10,23,27,29,34H,1-3,6-8,11-22H2,4-5H3. The third kappa shape index (κ3) is 5.13. The highest BCUT2D eigenvalue weighted by Gasteiger charge is 2.35. The number of nitrogens with one attached hydrogen (secondary N) is 1. The van der Waals surface area contributed by atoms with Crippen LogP contribution in [0.2, 0.25) is 0 Å². The minimum Gasteiger partial charge on any atom is -0.375 e. The summed E-state index contributed by atoms with van der Waals surface area (Å²) in [5.41, 5.74) is 5.47. The van der Waals surface area contributed by atoms with Gasteiger partial charge in [0, 0.05) is 61.3 Å². The topological polar surface area (TPSA) is 39.6 Å². The summed E-state index contributed by atoms with van der Waals surface area (Å²) in [6.07, 6.45) is 12.8. The molecule has 4 heterocycles. The summed E-state index contributed by atoms with van der Waals surface area (Å²) in [5.74, 6) is 2.48. The highest BCUT2D eigenvalue weighted by atomic mass is 15.4. The lowest BCUT2D eigenvalue weighted by Crippen LogP contribution is -2.48. The van der Waals surface area contributed by atoms with Gasteiger partial charge < -0.3 is 20.0 Å². The molecule has 1 N–H and O–H groups in total. The number of piperidine rings is 2. The van der Waals surface area contributed by atoms with Crippen molar-refractivity contribution < 1.29 is 0 Å². The van der Waals surface area contributed by atoms with Crippen LogP contribution in [-0.2, 0) is 7.05 Å². The number of allylic oxidation sites excluding steroid dienone is 1. The highest BCUT2D eigenvalue weighted by Crippen LogP contribution is 2.43. The van der Waals surface area contributed by atoms with E-state index in [1.54, 1.807) is 0 Å². The van der Waals surface area contributed by atoms with Crippen molar-refractivity contribution in [2.45, 2.75) is 83.1 Å². The fraction of sp³-hybridized carbons (Fsp3) is 0.606.